The molecule has 0 aliphatic carbocycles. The first kappa shape index (κ1) is 15.2. The minimum Gasteiger partial charge on any atom is -0.399 e. The Labute approximate surface area is 129 Å². The standard InChI is InChI=1S/C16H18ClN3O/c1-9(2)10-4-3-5-12(6-10)20-15-13(16(19)21)7-11(18)8-14(15)17/h3-9,20H,18H2,1-2H3,(H2,19,21). The zero-order valence-electron chi connectivity index (χ0n) is 12.0. The number of nitrogen functional groups attached to an aromatic ring is 1. The normalized spacial score (nSPS) is 10.7. The summed E-state index contributed by atoms with van der Waals surface area (Å²) in [5.41, 5.74) is 14.3. The third-order valence-electron chi connectivity index (χ3n) is 3.20. The van der Waals surface area contributed by atoms with E-state index in [0.29, 0.717) is 22.3 Å². The molecule has 2 aromatic carbocycles. The van der Waals surface area contributed by atoms with Crippen molar-refractivity contribution >= 4 is 34.6 Å². The third kappa shape index (κ3) is 3.47. The van der Waals surface area contributed by atoms with Gasteiger partial charge in [-0.05, 0) is 35.7 Å². The number of carbonyl (C=O) groups is 1. The Morgan fingerprint density at radius 3 is 2.57 bits per heavy atom. The molecule has 0 aromatic heterocycles. The summed E-state index contributed by atoms with van der Waals surface area (Å²) in [4.78, 5) is 11.6. The van der Waals surface area contributed by atoms with E-state index in [1.165, 1.54) is 11.6 Å². The van der Waals surface area contributed by atoms with Crippen LogP contribution >= 0.6 is 11.6 Å². The number of nitrogens with one attached hydrogen (secondary N) is 1. The Morgan fingerprint density at radius 1 is 1.24 bits per heavy atom. The van der Waals surface area contributed by atoms with E-state index in [0.717, 1.165) is 5.69 Å². The average molecular weight is 304 g/mol. The number of anilines is 3. The van der Waals surface area contributed by atoms with Crippen molar-refractivity contribution in [2.24, 2.45) is 5.73 Å². The van der Waals surface area contributed by atoms with Crippen molar-refractivity contribution in [3.05, 3.63) is 52.5 Å². The number of halogens is 1. The lowest BCUT2D eigenvalue weighted by atomic mass is 10.0. The number of amides is 1. The molecule has 0 spiro atoms. The van der Waals surface area contributed by atoms with Crippen LogP contribution < -0.4 is 16.8 Å². The second kappa shape index (κ2) is 6.06. The largest absolute Gasteiger partial charge is 0.399 e. The van der Waals surface area contributed by atoms with Gasteiger partial charge in [-0.2, -0.15) is 0 Å². The molecule has 0 aliphatic heterocycles. The molecule has 2 rings (SSSR count). The Morgan fingerprint density at radius 2 is 1.95 bits per heavy atom. The summed E-state index contributed by atoms with van der Waals surface area (Å²) in [6.45, 7) is 4.23. The molecule has 0 atom stereocenters. The quantitative estimate of drug-likeness (QED) is 0.749. The van der Waals surface area contributed by atoms with Crippen molar-refractivity contribution in [1.29, 1.82) is 0 Å². The van der Waals surface area contributed by atoms with E-state index in [-0.39, 0.29) is 5.56 Å². The lowest BCUT2D eigenvalue weighted by molar-refractivity contribution is 0.100. The predicted molar refractivity (Wildman–Crippen MR) is 88.2 cm³/mol. The molecule has 0 saturated carbocycles. The number of carbonyl (C=O) groups excluding carboxylic acids is 1. The molecule has 1 amide bonds. The van der Waals surface area contributed by atoms with Gasteiger partial charge in [0.1, 0.15) is 0 Å². The molecule has 110 valence electrons. The summed E-state index contributed by atoms with van der Waals surface area (Å²) in [6.07, 6.45) is 0. The van der Waals surface area contributed by atoms with Gasteiger partial charge in [0.05, 0.1) is 16.3 Å². The van der Waals surface area contributed by atoms with Crippen LogP contribution in [0.1, 0.15) is 35.7 Å². The smallest absolute Gasteiger partial charge is 0.250 e. The van der Waals surface area contributed by atoms with Crippen LogP contribution in [0.4, 0.5) is 17.1 Å². The van der Waals surface area contributed by atoms with Crippen LogP contribution in [0.15, 0.2) is 36.4 Å². The molecule has 0 unspecified atom stereocenters. The minimum atomic E-state index is -0.577. The zero-order valence-corrected chi connectivity index (χ0v) is 12.7. The minimum absolute atomic E-state index is 0.273. The summed E-state index contributed by atoms with van der Waals surface area (Å²) in [7, 11) is 0. The van der Waals surface area contributed by atoms with Crippen LogP contribution in [-0.2, 0) is 0 Å². The summed E-state index contributed by atoms with van der Waals surface area (Å²) in [5.74, 6) is -0.170. The van der Waals surface area contributed by atoms with E-state index in [2.05, 4.69) is 25.2 Å². The lowest BCUT2D eigenvalue weighted by Gasteiger charge is -2.14. The van der Waals surface area contributed by atoms with Crippen molar-refractivity contribution in [1.82, 2.24) is 0 Å². The van der Waals surface area contributed by atoms with Crippen LogP contribution in [0, 0.1) is 0 Å². The molecule has 5 heteroatoms. The molecule has 0 saturated heterocycles. The third-order valence-corrected chi connectivity index (χ3v) is 3.50. The van der Waals surface area contributed by atoms with Crippen LogP contribution in [0.5, 0.6) is 0 Å². The van der Waals surface area contributed by atoms with Crippen LogP contribution in [0.2, 0.25) is 5.02 Å². The molecule has 0 fully saturated rings. The summed E-state index contributed by atoms with van der Waals surface area (Å²) >= 11 is 6.18. The van der Waals surface area contributed by atoms with Gasteiger partial charge in [0, 0.05) is 11.4 Å². The van der Waals surface area contributed by atoms with E-state index in [4.69, 9.17) is 23.1 Å². The lowest BCUT2D eigenvalue weighted by Crippen LogP contribution is -2.14. The second-order valence-corrected chi connectivity index (χ2v) is 5.60. The van der Waals surface area contributed by atoms with Crippen molar-refractivity contribution in [3.63, 3.8) is 0 Å². The number of hydrogen-bond donors (Lipinski definition) is 3. The van der Waals surface area contributed by atoms with Gasteiger partial charge in [-0.1, -0.05) is 37.6 Å². The molecule has 2 aromatic rings. The fourth-order valence-electron chi connectivity index (χ4n) is 2.07. The van der Waals surface area contributed by atoms with E-state index >= 15 is 0 Å². The SMILES string of the molecule is CC(C)c1cccc(Nc2c(Cl)cc(N)cc2C(N)=O)c1. The number of nitrogens with two attached hydrogens (primary N) is 2. The molecule has 0 aliphatic rings. The summed E-state index contributed by atoms with van der Waals surface area (Å²) < 4.78 is 0. The topological polar surface area (TPSA) is 81.1 Å². The van der Waals surface area contributed by atoms with E-state index in [1.54, 1.807) is 6.07 Å². The van der Waals surface area contributed by atoms with Crippen molar-refractivity contribution in [2.45, 2.75) is 19.8 Å². The predicted octanol–water partition coefficient (Wildman–Crippen LogP) is 3.89. The zero-order chi connectivity index (χ0) is 15.6. The molecule has 21 heavy (non-hydrogen) atoms. The van der Waals surface area contributed by atoms with Crippen molar-refractivity contribution < 1.29 is 4.79 Å². The maximum absolute atomic E-state index is 11.6. The first-order chi connectivity index (χ1) is 9.88. The van der Waals surface area contributed by atoms with E-state index < -0.39 is 5.91 Å². The van der Waals surface area contributed by atoms with Crippen LogP contribution in [-0.4, -0.2) is 5.91 Å². The molecular weight excluding hydrogens is 286 g/mol. The monoisotopic (exact) mass is 303 g/mol. The van der Waals surface area contributed by atoms with Gasteiger partial charge in [0.25, 0.3) is 5.91 Å². The average Bonchev–Trinajstić information content (AvgIpc) is 2.41. The second-order valence-electron chi connectivity index (χ2n) is 5.19. The number of primary amides is 1. The molecular formula is C16H18ClN3O. The maximum Gasteiger partial charge on any atom is 0.250 e. The summed E-state index contributed by atoms with van der Waals surface area (Å²) in [5, 5.41) is 3.52. The van der Waals surface area contributed by atoms with Gasteiger partial charge in [-0.25, -0.2) is 0 Å². The van der Waals surface area contributed by atoms with Crippen LogP contribution in [0.3, 0.4) is 0 Å². The van der Waals surface area contributed by atoms with Gasteiger partial charge in [-0.3, -0.25) is 4.79 Å². The highest BCUT2D eigenvalue weighted by Gasteiger charge is 2.14. The van der Waals surface area contributed by atoms with Crippen molar-refractivity contribution in [2.75, 3.05) is 11.1 Å². The molecule has 4 nitrogen and oxygen atoms in total. The highest BCUT2D eigenvalue weighted by atomic mass is 35.5. The van der Waals surface area contributed by atoms with E-state index in [9.17, 15) is 4.79 Å². The first-order valence-corrected chi connectivity index (χ1v) is 7.02. The molecule has 0 heterocycles. The number of benzene rings is 2. The molecule has 0 bridgehead atoms. The molecule has 5 N–H and O–H groups in total. The number of hydrogen-bond acceptors (Lipinski definition) is 3. The summed E-state index contributed by atoms with van der Waals surface area (Å²) in [6, 6.07) is 11.0. The van der Waals surface area contributed by atoms with E-state index in [1.807, 2.05) is 18.2 Å². The Hall–Kier alpha value is -2.20. The first-order valence-electron chi connectivity index (χ1n) is 6.64. The van der Waals surface area contributed by atoms with Gasteiger partial charge in [-0.15, -0.1) is 0 Å². The fraction of sp³-hybridized carbons (Fsp3) is 0.188. The maximum atomic E-state index is 11.6. The van der Waals surface area contributed by atoms with Crippen molar-refractivity contribution in [3.8, 4) is 0 Å². The Bertz CT molecular complexity index is 683. The van der Waals surface area contributed by atoms with Gasteiger partial charge < -0.3 is 16.8 Å². The Kier molecular flexibility index (Phi) is 4.38. The van der Waals surface area contributed by atoms with Gasteiger partial charge in [0.2, 0.25) is 0 Å². The van der Waals surface area contributed by atoms with Gasteiger partial charge in [0.15, 0.2) is 0 Å². The highest BCUT2D eigenvalue weighted by Crippen LogP contribution is 2.32. The Balaban J connectivity index is 2.44. The van der Waals surface area contributed by atoms with Gasteiger partial charge >= 0.3 is 0 Å². The highest BCUT2D eigenvalue weighted by molar-refractivity contribution is 6.34. The van der Waals surface area contributed by atoms with Crippen LogP contribution in [0.25, 0.3) is 0 Å². The fourth-order valence-corrected chi connectivity index (χ4v) is 2.34. The molecule has 0 radical (unpaired) electrons. The number of rotatable bonds is 4.